The number of sulfonamides is 1. The molecule has 1 aliphatic carbocycles. The van der Waals surface area contributed by atoms with Gasteiger partial charge < -0.3 is 0 Å². The predicted octanol–water partition coefficient (Wildman–Crippen LogP) is 3.25. The highest BCUT2D eigenvalue weighted by atomic mass is 32.2. The first kappa shape index (κ1) is 15.0. The molecule has 0 bridgehead atoms. The van der Waals surface area contributed by atoms with E-state index < -0.39 is 15.8 Å². The van der Waals surface area contributed by atoms with Gasteiger partial charge in [-0.15, -0.1) is 0 Å². The number of nitrogens with zero attached hydrogens (tertiary/aromatic N) is 2. The van der Waals surface area contributed by atoms with Gasteiger partial charge in [-0.05, 0) is 44.0 Å². The van der Waals surface area contributed by atoms with Gasteiger partial charge in [0, 0.05) is 11.9 Å². The lowest BCUT2D eigenvalue weighted by molar-refractivity contribution is 0.464. The maximum absolute atomic E-state index is 12.9. The summed E-state index contributed by atoms with van der Waals surface area (Å²) in [7, 11) is -3.72. The van der Waals surface area contributed by atoms with Gasteiger partial charge >= 0.3 is 0 Å². The number of hydrogen-bond acceptors (Lipinski definition) is 3. The van der Waals surface area contributed by atoms with Crippen LogP contribution >= 0.6 is 0 Å². The van der Waals surface area contributed by atoms with Crippen LogP contribution in [-0.2, 0) is 10.0 Å². The largest absolute Gasteiger partial charge is 0.280 e. The van der Waals surface area contributed by atoms with Gasteiger partial charge in [-0.3, -0.25) is 9.40 Å². The quantitative estimate of drug-likeness (QED) is 0.939. The van der Waals surface area contributed by atoms with Crippen LogP contribution in [-0.4, -0.2) is 18.2 Å². The van der Waals surface area contributed by atoms with E-state index in [-0.39, 0.29) is 10.9 Å². The van der Waals surface area contributed by atoms with Gasteiger partial charge in [0.2, 0.25) is 0 Å². The fourth-order valence-corrected chi connectivity index (χ4v) is 4.05. The van der Waals surface area contributed by atoms with Crippen LogP contribution in [0.2, 0.25) is 0 Å². The molecule has 1 aromatic heterocycles. The second-order valence-corrected chi connectivity index (χ2v) is 7.26. The molecule has 0 saturated heterocycles. The normalized spacial score (nSPS) is 16.1. The fraction of sp³-hybridized carbons (Fsp3) is 0.400. The summed E-state index contributed by atoms with van der Waals surface area (Å²) in [6.07, 6.45) is 5.97. The number of aromatic nitrogens is 2. The molecule has 1 N–H and O–H groups in total. The molecule has 0 amide bonds. The molecule has 1 heterocycles. The van der Waals surface area contributed by atoms with E-state index in [1.54, 1.807) is 17.8 Å². The Bertz CT molecular complexity index is 763. The Kier molecular flexibility index (Phi) is 3.90. The zero-order valence-corrected chi connectivity index (χ0v) is 13.1. The number of aryl methyl sites for hydroxylation is 1. The van der Waals surface area contributed by atoms with Crippen molar-refractivity contribution in [2.24, 2.45) is 0 Å². The van der Waals surface area contributed by atoms with Gasteiger partial charge in [0.05, 0.1) is 11.7 Å². The molecule has 3 rings (SSSR count). The van der Waals surface area contributed by atoms with Gasteiger partial charge in [-0.1, -0.05) is 12.8 Å². The van der Waals surface area contributed by atoms with Crippen molar-refractivity contribution in [2.75, 3.05) is 4.72 Å². The lowest BCUT2D eigenvalue weighted by atomic mass is 10.3. The molecule has 0 spiro atoms. The van der Waals surface area contributed by atoms with Crippen molar-refractivity contribution in [1.29, 1.82) is 0 Å². The second kappa shape index (κ2) is 5.72. The van der Waals surface area contributed by atoms with E-state index in [0.717, 1.165) is 25.7 Å². The van der Waals surface area contributed by atoms with Crippen molar-refractivity contribution >= 4 is 15.7 Å². The lowest BCUT2D eigenvalue weighted by Gasteiger charge is -2.09. The van der Waals surface area contributed by atoms with Crippen LogP contribution < -0.4 is 4.72 Å². The van der Waals surface area contributed by atoms with Crippen LogP contribution in [0.25, 0.3) is 0 Å². The molecule has 1 saturated carbocycles. The molecule has 1 aliphatic rings. The summed E-state index contributed by atoms with van der Waals surface area (Å²) in [5.41, 5.74) is 0.802. The highest BCUT2D eigenvalue weighted by molar-refractivity contribution is 7.92. The van der Waals surface area contributed by atoms with Crippen LogP contribution in [0.4, 0.5) is 10.1 Å². The number of halogens is 1. The summed E-state index contributed by atoms with van der Waals surface area (Å²) in [6, 6.07) is 5.50. The van der Waals surface area contributed by atoms with Gasteiger partial charge in [0.25, 0.3) is 10.0 Å². The average Bonchev–Trinajstić information content (AvgIpc) is 3.10. The van der Waals surface area contributed by atoms with Gasteiger partial charge in [-0.2, -0.15) is 5.10 Å². The van der Waals surface area contributed by atoms with Crippen LogP contribution in [0, 0.1) is 12.7 Å². The molecule has 1 aromatic carbocycles. The monoisotopic (exact) mass is 323 g/mol. The molecule has 1 fully saturated rings. The van der Waals surface area contributed by atoms with E-state index in [9.17, 15) is 12.8 Å². The first-order valence-electron chi connectivity index (χ1n) is 7.30. The van der Waals surface area contributed by atoms with Gasteiger partial charge in [0.15, 0.2) is 0 Å². The zero-order valence-electron chi connectivity index (χ0n) is 12.3. The maximum atomic E-state index is 12.9. The highest BCUT2D eigenvalue weighted by Crippen LogP contribution is 2.30. The predicted molar refractivity (Wildman–Crippen MR) is 81.7 cm³/mol. The summed E-state index contributed by atoms with van der Waals surface area (Å²) < 4.78 is 42.1. The Morgan fingerprint density at radius 1 is 1.23 bits per heavy atom. The molecular formula is C15H18FN3O2S. The standard InChI is InChI=1S/C15H18FN3O2S/c1-11-15(10-19(17-11)14-4-2-3-5-14)22(20,21)18-13-8-6-12(16)7-9-13/h6-10,14,18H,2-5H2,1H3. The third-order valence-corrected chi connectivity index (χ3v) is 5.44. The summed E-state index contributed by atoms with van der Waals surface area (Å²) in [6.45, 7) is 1.69. The number of anilines is 1. The smallest absolute Gasteiger partial charge is 0.265 e. The van der Waals surface area contributed by atoms with Crippen LogP contribution in [0.5, 0.6) is 0 Å². The molecule has 2 aromatic rings. The summed E-state index contributed by atoms with van der Waals surface area (Å²) >= 11 is 0. The number of hydrogen-bond donors (Lipinski definition) is 1. The number of rotatable bonds is 4. The van der Waals surface area contributed by atoms with Gasteiger partial charge in [-0.25, -0.2) is 12.8 Å². The van der Waals surface area contributed by atoms with Crippen molar-refractivity contribution in [2.45, 2.75) is 43.5 Å². The third-order valence-electron chi connectivity index (χ3n) is 3.96. The molecule has 0 atom stereocenters. The highest BCUT2D eigenvalue weighted by Gasteiger charge is 2.24. The minimum atomic E-state index is -3.72. The maximum Gasteiger partial charge on any atom is 0.265 e. The Labute approximate surface area is 129 Å². The topological polar surface area (TPSA) is 64.0 Å². The Morgan fingerprint density at radius 3 is 2.50 bits per heavy atom. The third kappa shape index (κ3) is 2.99. The van der Waals surface area contributed by atoms with Crippen molar-refractivity contribution in [3.8, 4) is 0 Å². The van der Waals surface area contributed by atoms with E-state index in [0.29, 0.717) is 11.4 Å². The van der Waals surface area contributed by atoms with Crippen molar-refractivity contribution in [3.05, 3.63) is 42.0 Å². The van der Waals surface area contributed by atoms with E-state index in [2.05, 4.69) is 9.82 Å². The molecule has 0 aliphatic heterocycles. The van der Waals surface area contributed by atoms with Gasteiger partial charge in [0.1, 0.15) is 10.7 Å². The Hall–Kier alpha value is -1.89. The SMILES string of the molecule is Cc1nn(C2CCCC2)cc1S(=O)(=O)Nc1ccc(F)cc1. The van der Waals surface area contributed by atoms with Crippen molar-refractivity contribution < 1.29 is 12.8 Å². The minimum Gasteiger partial charge on any atom is -0.280 e. The molecule has 7 heteroatoms. The molecular weight excluding hydrogens is 305 g/mol. The van der Waals surface area contributed by atoms with Crippen LogP contribution in [0.3, 0.4) is 0 Å². The Balaban J connectivity index is 1.86. The van der Waals surface area contributed by atoms with E-state index in [4.69, 9.17) is 0 Å². The summed E-state index contributed by atoms with van der Waals surface area (Å²) in [5.74, 6) is -0.409. The Morgan fingerprint density at radius 2 is 1.86 bits per heavy atom. The van der Waals surface area contributed by atoms with Crippen molar-refractivity contribution in [3.63, 3.8) is 0 Å². The lowest BCUT2D eigenvalue weighted by Crippen LogP contribution is -2.13. The molecule has 0 radical (unpaired) electrons. The van der Waals surface area contributed by atoms with E-state index >= 15 is 0 Å². The summed E-state index contributed by atoms with van der Waals surface area (Å²) in [4.78, 5) is 0.170. The first-order valence-corrected chi connectivity index (χ1v) is 8.78. The molecule has 118 valence electrons. The minimum absolute atomic E-state index is 0.170. The molecule has 5 nitrogen and oxygen atoms in total. The fourth-order valence-electron chi connectivity index (χ4n) is 2.81. The van der Waals surface area contributed by atoms with E-state index in [1.165, 1.54) is 24.3 Å². The van der Waals surface area contributed by atoms with Crippen LogP contribution in [0.15, 0.2) is 35.4 Å². The molecule has 22 heavy (non-hydrogen) atoms. The number of benzene rings is 1. The zero-order chi connectivity index (χ0) is 15.7. The first-order chi connectivity index (χ1) is 10.5. The van der Waals surface area contributed by atoms with E-state index in [1.807, 2.05) is 0 Å². The van der Waals surface area contributed by atoms with Crippen molar-refractivity contribution in [1.82, 2.24) is 9.78 Å². The summed E-state index contributed by atoms with van der Waals surface area (Å²) in [5, 5.41) is 4.35. The molecule has 0 unspecified atom stereocenters. The van der Waals surface area contributed by atoms with Crippen LogP contribution in [0.1, 0.15) is 37.4 Å². The number of nitrogens with one attached hydrogen (secondary N) is 1. The second-order valence-electron chi connectivity index (χ2n) is 5.61. The average molecular weight is 323 g/mol.